The van der Waals surface area contributed by atoms with Crippen molar-refractivity contribution in [2.45, 2.75) is 24.2 Å². The van der Waals surface area contributed by atoms with Crippen LogP contribution in [0.4, 0.5) is 0 Å². The smallest absolute Gasteiger partial charge is 0.226 e. The van der Waals surface area contributed by atoms with Gasteiger partial charge in [-0.3, -0.25) is 4.79 Å². The number of likely N-dealkylation sites (tertiary alicyclic amines) is 1. The van der Waals surface area contributed by atoms with Crippen molar-refractivity contribution in [3.63, 3.8) is 0 Å². The molecular weight excluding hydrogens is 258 g/mol. The van der Waals surface area contributed by atoms with Crippen molar-refractivity contribution in [3.05, 3.63) is 29.8 Å². The number of hydrogen-bond acceptors (Lipinski definition) is 3. The number of benzene rings is 1. The number of nitrogens with zero attached hydrogens (tertiary/aromatic N) is 1. The molecule has 1 aromatic rings. The maximum atomic E-state index is 12.3. The van der Waals surface area contributed by atoms with Crippen LogP contribution in [0.25, 0.3) is 0 Å². The van der Waals surface area contributed by atoms with E-state index in [1.165, 1.54) is 0 Å². The Morgan fingerprint density at radius 3 is 2.84 bits per heavy atom. The average molecular weight is 279 g/mol. The van der Waals surface area contributed by atoms with Crippen LogP contribution in [0.3, 0.4) is 0 Å². The second kappa shape index (κ2) is 6.96. The summed E-state index contributed by atoms with van der Waals surface area (Å²) in [5, 5.41) is 0. The zero-order valence-electron chi connectivity index (χ0n) is 11.3. The monoisotopic (exact) mass is 279 g/mol. The number of carbonyl (C=O) groups excluding carboxylic acids is 1. The Morgan fingerprint density at radius 2 is 2.16 bits per heavy atom. The Kier molecular flexibility index (Phi) is 5.28. The topological polar surface area (TPSA) is 29.5 Å². The van der Waals surface area contributed by atoms with Crippen LogP contribution in [-0.4, -0.2) is 37.6 Å². The van der Waals surface area contributed by atoms with Crippen molar-refractivity contribution in [1.82, 2.24) is 4.90 Å². The van der Waals surface area contributed by atoms with Gasteiger partial charge in [0.15, 0.2) is 0 Å². The minimum Gasteiger partial charge on any atom is -0.384 e. The molecule has 1 fully saturated rings. The van der Waals surface area contributed by atoms with E-state index >= 15 is 0 Å². The van der Waals surface area contributed by atoms with Crippen LogP contribution in [-0.2, 0) is 16.0 Å². The lowest BCUT2D eigenvalue weighted by Crippen LogP contribution is -2.41. The predicted molar refractivity (Wildman–Crippen MR) is 78.6 cm³/mol. The van der Waals surface area contributed by atoms with Crippen LogP contribution in [0, 0.1) is 5.92 Å². The molecule has 4 heteroatoms. The molecule has 104 valence electrons. The van der Waals surface area contributed by atoms with E-state index in [2.05, 4.69) is 12.6 Å². The van der Waals surface area contributed by atoms with Crippen LogP contribution in [0.5, 0.6) is 0 Å². The number of rotatable bonds is 4. The highest BCUT2D eigenvalue weighted by atomic mass is 32.1. The summed E-state index contributed by atoms with van der Waals surface area (Å²) in [6.45, 7) is 2.46. The molecular formula is C15H21NO2S. The lowest BCUT2D eigenvalue weighted by Gasteiger charge is -2.32. The fourth-order valence-corrected chi connectivity index (χ4v) is 2.71. The van der Waals surface area contributed by atoms with E-state index in [4.69, 9.17) is 4.74 Å². The number of thiol groups is 1. The summed E-state index contributed by atoms with van der Waals surface area (Å²) >= 11 is 4.25. The van der Waals surface area contributed by atoms with E-state index in [9.17, 15) is 4.79 Å². The minimum atomic E-state index is 0.215. The molecule has 1 aliphatic heterocycles. The van der Waals surface area contributed by atoms with Crippen LogP contribution < -0.4 is 0 Å². The van der Waals surface area contributed by atoms with Gasteiger partial charge >= 0.3 is 0 Å². The zero-order valence-corrected chi connectivity index (χ0v) is 12.2. The highest BCUT2D eigenvalue weighted by Gasteiger charge is 2.23. The largest absolute Gasteiger partial charge is 0.384 e. The molecule has 19 heavy (non-hydrogen) atoms. The number of amides is 1. The number of carbonyl (C=O) groups is 1. The highest BCUT2D eigenvalue weighted by Crippen LogP contribution is 2.18. The van der Waals surface area contributed by atoms with E-state index in [0.29, 0.717) is 12.3 Å². The summed E-state index contributed by atoms with van der Waals surface area (Å²) < 4.78 is 5.19. The molecule has 1 saturated heterocycles. The number of hydrogen-bond donors (Lipinski definition) is 1. The van der Waals surface area contributed by atoms with Crippen molar-refractivity contribution in [2.24, 2.45) is 5.92 Å². The molecule has 1 unspecified atom stereocenters. The lowest BCUT2D eigenvalue weighted by molar-refractivity contribution is -0.132. The van der Waals surface area contributed by atoms with E-state index < -0.39 is 0 Å². The van der Waals surface area contributed by atoms with Gasteiger partial charge in [-0.1, -0.05) is 12.1 Å². The first-order chi connectivity index (χ1) is 9.19. The van der Waals surface area contributed by atoms with Gasteiger partial charge in [-0.2, -0.15) is 0 Å². The van der Waals surface area contributed by atoms with Crippen molar-refractivity contribution >= 4 is 18.5 Å². The minimum absolute atomic E-state index is 0.215. The van der Waals surface area contributed by atoms with Gasteiger partial charge in [-0.05, 0) is 36.5 Å². The molecule has 1 amide bonds. The van der Waals surface area contributed by atoms with Gasteiger partial charge in [0, 0.05) is 25.1 Å². The first-order valence-corrected chi connectivity index (χ1v) is 7.18. The van der Waals surface area contributed by atoms with E-state index in [0.717, 1.165) is 43.0 Å². The Labute approximate surface area is 120 Å². The van der Waals surface area contributed by atoms with E-state index in [1.54, 1.807) is 7.11 Å². The molecule has 0 saturated carbocycles. The Morgan fingerprint density at radius 1 is 1.42 bits per heavy atom. The van der Waals surface area contributed by atoms with E-state index in [-0.39, 0.29) is 5.91 Å². The van der Waals surface area contributed by atoms with Gasteiger partial charge in [0.1, 0.15) is 0 Å². The number of methoxy groups -OCH3 is 1. The van der Waals surface area contributed by atoms with Gasteiger partial charge in [-0.15, -0.1) is 12.6 Å². The third kappa shape index (κ3) is 4.25. The predicted octanol–water partition coefficient (Wildman–Crippen LogP) is 2.40. The molecule has 0 N–H and O–H groups in total. The molecule has 1 aromatic carbocycles. The average Bonchev–Trinajstić information content (AvgIpc) is 2.42. The van der Waals surface area contributed by atoms with Gasteiger partial charge in [0.25, 0.3) is 0 Å². The number of piperidine rings is 1. The molecule has 3 nitrogen and oxygen atoms in total. The van der Waals surface area contributed by atoms with Crippen molar-refractivity contribution < 1.29 is 9.53 Å². The molecule has 0 radical (unpaired) electrons. The maximum absolute atomic E-state index is 12.3. The number of ether oxygens (including phenoxy) is 1. The Bertz CT molecular complexity index is 417. The second-order valence-electron chi connectivity index (χ2n) is 5.15. The lowest BCUT2D eigenvalue weighted by atomic mass is 9.98. The Balaban J connectivity index is 1.90. The fraction of sp³-hybridized carbons (Fsp3) is 0.533. The molecule has 2 rings (SSSR count). The molecule has 1 aliphatic rings. The molecule has 0 bridgehead atoms. The van der Waals surface area contributed by atoms with Crippen LogP contribution >= 0.6 is 12.6 Å². The SMILES string of the molecule is COCC1CCCN(C(=O)Cc2ccc(S)cc2)C1. The Hall–Kier alpha value is -1.00. The normalized spacial score (nSPS) is 19.5. The first-order valence-electron chi connectivity index (χ1n) is 6.73. The maximum Gasteiger partial charge on any atom is 0.226 e. The molecule has 0 spiro atoms. The van der Waals surface area contributed by atoms with Crippen LogP contribution in [0.15, 0.2) is 29.2 Å². The third-order valence-electron chi connectivity index (χ3n) is 3.57. The second-order valence-corrected chi connectivity index (χ2v) is 5.66. The third-order valence-corrected chi connectivity index (χ3v) is 3.86. The van der Waals surface area contributed by atoms with Crippen molar-refractivity contribution in [1.29, 1.82) is 0 Å². The summed E-state index contributed by atoms with van der Waals surface area (Å²) in [7, 11) is 1.72. The van der Waals surface area contributed by atoms with Crippen LogP contribution in [0.1, 0.15) is 18.4 Å². The summed E-state index contributed by atoms with van der Waals surface area (Å²) in [5.41, 5.74) is 1.05. The highest BCUT2D eigenvalue weighted by molar-refractivity contribution is 7.80. The van der Waals surface area contributed by atoms with Gasteiger partial charge in [0.2, 0.25) is 5.91 Å². The molecule has 1 atom stereocenters. The molecule has 0 aliphatic carbocycles. The standard InChI is InChI=1S/C15H21NO2S/c1-18-11-13-3-2-8-16(10-13)15(17)9-12-4-6-14(19)7-5-12/h4-7,13,19H,2-3,8-11H2,1H3. The van der Waals surface area contributed by atoms with Gasteiger partial charge in [0.05, 0.1) is 13.0 Å². The quantitative estimate of drug-likeness (QED) is 0.858. The van der Waals surface area contributed by atoms with Gasteiger partial charge in [-0.25, -0.2) is 0 Å². The summed E-state index contributed by atoms with van der Waals surface area (Å²) in [6, 6.07) is 7.79. The molecule has 1 heterocycles. The van der Waals surface area contributed by atoms with Gasteiger partial charge < -0.3 is 9.64 Å². The fourth-order valence-electron chi connectivity index (χ4n) is 2.56. The summed E-state index contributed by atoms with van der Waals surface area (Å²) in [6.07, 6.45) is 2.72. The first kappa shape index (κ1) is 14.4. The van der Waals surface area contributed by atoms with Crippen molar-refractivity contribution in [3.8, 4) is 0 Å². The zero-order chi connectivity index (χ0) is 13.7. The summed E-state index contributed by atoms with van der Waals surface area (Å²) in [5.74, 6) is 0.704. The van der Waals surface area contributed by atoms with Crippen molar-refractivity contribution in [2.75, 3.05) is 26.8 Å². The molecule has 0 aromatic heterocycles. The summed E-state index contributed by atoms with van der Waals surface area (Å²) in [4.78, 5) is 15.2. The van der Waals surface area contributed by atoms with Crippen LogP contribution in [0.2, 0.25) is 0 Å². The van der Waals surface area contributed by atoms with E-state index in [1.807, 2.05) is 29.2 Å².